The van der Waals surface area contributed by atoms with Crippen molar-refractivity contribution in [1.82, 2.24) is 20.6 Å². The standard InChI is InChI=1S/C16H19N5O3/c1-5-24-12-6-7-14-13(8-12)9(2)17-15(20-14)21-16(18-10(3)22)19-11(4)23/h6-8H,5H2,1-4H3,(H2,17,18,19,20,21,22,23). The van der Waals surface area contributed by atoms with Crippen LogP contribution in [0.4, 0.5) is 5.95 Å². The maximum atomic E-state index is 11.2. The highest BCUT2D eigenvalue weighted by Crippen LogP contribution is 2.23. The molecule has 8 nitrogen and oxygen atoms in total. The molecule has 126 valence electrons. The van der Waals surface area contributed by atoms with Gasteiger partial charge >= 0.3 is 0 Å². The Bertz CT molecular complexity index is 799. The summed E-state index contributed by atoms with van der Waals surface area (Å²) in [5.41, 5.74) is 1.40. The summed E-state index contributed by atoms with van der Waals surface area (Å²) < 4.78 is 5.47. The molecule has 0 fully saturated rings. The zero-order valence-corrected chi connectivity index (χ0v) is 14.0. The fourth-order valence-electron chi connectivity index (χ4n) is 2.07. The maximum Gasteiger partial charge on any atom is 0.253 e. The van der Waals surface area contributed by atoms with Crippen LogP contribution in [0, 0.1) is 6.92 Å². The summed E-state index contributed by atoms with van der Waals surface area (Å²) in [5.74, 6) is 0.147. The first-order valence-electron chi connectivity index (χ1n) is 7.44. The van der Waals surface area contributed by atoms with Gasteiger partial charge in [0.05, 0.1) is 17.8 Å². The molecule has 2 N–H and O–H groups in total. The molecule has 8 heteroatoms. The monoisotopic (exact) mass is 329 g/mol. The average Bonchev–Trinajstić information content (AvgIpc) is 2.47. The number of benzene rings is 1. The SMILES string of the molecule is CCOc1ccc2nc(N=C(NC(C)=O)NC(C)=O)nc(C)c2c1. The third kappa shape index (κ3) is 4.48. The van der Waals surface area contributed by atoms with Gasteiger partial charge in [0.1, 0.15) is 5.75 Å². The fraction of sp³-hybridized carbons (Fsp3) is 0.312. The van der Waals surface area contributed by atoms with E-state index < -0.39 is 0 Å². The normalized spacial score (nSPS) is 10.2. The summed E-state index contributed by atoms with van der Waals surface area (Å²) in [5, 5.41) is 5.71. The number of rotatable bonds is 3. The van der Waals surface area contributed by atoms with Gasteiger partial charge in [-0.1, -0.05) is 0 Å². The van der Waals surface area contributed by atoms with Crippen LogP contribution in [-0.4, -0.2) is 34.3 Å². The molecule has 0 spiro atoms. The number of carbonyl (C=O) groups excluding carboxylic acids is 2. The fourth-order valence-corrected chi connectivity index (χ4v) is 2.07. The van der Waals surface area contributed by atoms with Gasteiger partial charge < -0.3 is 4.74 Å². The first-order chi connectivity index (χ1) is 11.4. The molecule has 2 aromatic rings. The van der Waals surface area contributed by atoms with Gasteiger partial charge in [-0.3, -0.25) is 20.2 Å². The number of amides is 2. The third-order valence-electron chi connectivity index (χ3n) is 2.96. The number of aromatic nitrogens is 2. The number of carbonyl (C=O) groups is 2. The minimum Gasteiger partial charge on any atom is -0.494 e. The molecule has 0 unspecified atom stereocenters. The first-order valence-corrected chi connectivity index (χ1v) is 7.44. The lowest BCUT2D eigenvalue weighted by Crippen LogP contribution is -2.41. The Balaban J connectivity index is 2.44. The van der Waals surface area contributed by atoms with Crippen LogP contribution in [0.1, 0.15) is 26.5 Å². The molecule has 0 bridgehead atoms. The van der Waals surface area contributed by atoms with E-state index in [9.17, 15) is 9.59 Å². The van der Waals surface area contributed by atoms with Crippen molar-refractivity contribution in [3.8, 4) is 5.75 Å². The molecule has 2 rings (SSSR count). The van der Waals surface area contributed by atoms with Crippen molar-refractivity contribution in [2.75, 3.05) is 6.61 Å². The van der Waals surface area contributed by atoms with E-state index in [1.54, 1.807) is 0 Å². The Labute approximate surface area is 139 Å². The van der Waals surface area contributed by atoms with Crippen molar-refractivity contribution in [3.05, 3.63) is 23.9 Å². The lowest BCUT2D eigenvalue weighted by atomic mass is 10.2. The van der Waals surface area contributed by atoms with Crippen molar-refractivity contribution in [2.24, 2.45) is 4.99 Å². The van der Waals surface area contributed by atoms with E-state index in [0.717, 1.165) is 11.1 Å². The number of hydrogen-bond donors (Lipinski definition) is 2. The summed E-state index contributed by atoms with van der Waals surface area (Å²) in [6, 6.07) is 5.49. The Kier molecular flexibility index (Phi) is 5.41. The van der Waals surface area contributed by atoms with Crippen molar-refractivity contribution >= 4 is 34.6 Å². The molecule has 0 saturated carbocycles. The molecule has 1 aromatic heterocycles. The number of ether oxygens (including phenoxy) is 1. The molecule has 1 aromatic carbocycles. The van der Waals surface area contributed by atoms with Crippen molar-refractivity contribution in [3.63, 3.8) is 0 Å². The Hall–Kier alpha value is -3.03. The van der Waals surface area contributed by atoms with E-state index in [1.807, 2.05) is 32.0 Å². The minimum atomic E-state index is -0.360. The second-order valence-corrected chi connectivity index (χ2v) is 5.04. The van der Waals surface area contributed by atoms with Gasteiger partial charge in [-0.25, -0.2) is 9.97 Å². The zero-order chi connectivity index (χ0) is 17.7. The maximum absolute atomic E-state index is 11.2. The van der Waals surface area contributed by atoms with Crippen molar-refractivity contribution in [1.29, 1.82) is 0 Å². The summed E-state index contributed by atoms with van der Waals surface area (Å²) in [6.45, 7) is 6.95. The molecule has 0 atom stereocenters. The smallest absolute Gasteiger partial charge is 0.253 e. The lowest BCUT2D eigenvalue weighted by molar-refractivity contribution is -0.117. The summed E-state index contributed by atoms with van der Waals surface area (Å²) >= 11 is 0. The van der Waals surface area contributed by atoms with Crippen LogP contribution in [0.3, 0.4) is 0 Å². The third-order valence-corrected chi connectivity index (χ3v) is 2.96. The van der Waals surface area contributed by atoms with Crippen LogP contribution >= 0.6 is 0 Å². The molecule has 1 heterocycles. The van der Waals surface area contributed by atoms with Gasteiger partial charge in [0.15, 0.2) is 0 Å². The molecular weight excluding hydrogens is 310 g/mol. The number of guanidine groups is 1. The number of nitrogens with one attached hydrogen (secondary N) is 2. The van der Waals surface area contributed by atoms with Gasteiger partial charge in [-0.2, -0.15) is 4.99 Å². The average molecular weight is 329 g/mol. The van der Waals surface area contributed by atoms with Gasteiger partial charge in [0.2, 0.25) is 17.8 Å². The van der Waals surface area contributed by atoms with Gasteiger partial charge in [0, 0.05) is 19.2 Å². The zero-order valence-electron chi connectivity index (χ0n) is 14.0. The molecule has 2 amide bonds. The van der Waals surface area contributed by atoms with E-state index in [2.05, 4.69) is 25.6 Å². The van der Waals surface area contributed by atoms with Crippen molar-refractivity contribution < 1.29 is 14.3 Å². The molecule has 0 aliphatic carbocycles. The van der Waals surface area contributed by atoms with E-state index >= 15 is 0 Å². The van der Waals surface area contributed by atoms with Crippen LogP contribution in [-0.2, 0) is 9.59 Å². The summed E-state index contributed by atoms with van der Waals surface area (Å²) in [7, 11) is 0. The Morgan fingerprint density at radius 2 is 1.83 bits per heavy atom. The first kappa shape index (κ1) is 17.3. The van der Waals surface area contributed by atoms with Crippen LogP contribution in [0.25, 0.3) is 10.9 Å². The molecule has 0 aliphatic heterocycles. The second-order valence-electron chi connectivity index (χ2n) is 5.04. The number of aliphatic imine (C=N–C) groups is 1. The highest BCUT2D eigenvalue weighted by molar-refractivity contribution is 6.04. The minimum absolute atomic E-state index is 0.0142. The summed E-state index contributed by atoms with van der Waals surface area (Å²) in [4.78, 5) is 35.2. The molecule has 24 heavy (non-hydrogen) atoms. The van der Waals surface area contributed by atoms with E-state index in [4.69, 9.17) is 4.74 Å². The highest BCUT2D eigenvalue weighted by atomic mass is 16.5. The van der Waals surface area contributed by atoms with Gasteiger partial charge in [-0.05, 0) is 32.0 Å². The molecule has 0 radical (unpaired) electrons. The number of nitrogens with zero attached hydrogens (tertiary/aromatic N) is 3. The van der Waals surface area contributed by atoms with Gasteiger partial charge in [-0.15, -0.1) is 0 Å². The second kappa shape index (κ2) is 7.49. The van der Waals surface area contributed by atoms with Crippen LogP contribution < -0.4 is 15.4 Å². The van der Waals surface area contributed by atoms with E-state index in [1.165, 1.54) is 13.8 Å². The number of fused-ring (bicyclic) bond motifs is 1. The molecule has 0 saturated heterocycles. The topological polar surface area (TPSA) is 106 Å². The van der Waals surface area contributed by atoms with Crippen LogP contribution in [0.5, 0.6) is 5.75 Å². The molecule has 0 aliphatic rings. The summed E-state index contributed by atoms with van der Waals surface area (Å²) in [6.07, 6.45) is 0. The Morgan fingerprint density at radius 3 is 2.42 bits per heavy atom. The number of aryl methyl sites for hydroxylation is 1. The highest BCUT2D eigenvalue weighted by Gasteiger charge is 2.09. The molecular formula is C16H19N5O3. The predicted molar refractivity (Wildman–Crippen MR) is 90.2 cm³/mol. The van der Waals surface area contributed by atoms with Crippen molar-refractivity contribution in [2.45, 2.75) is 27.7 Å². The van der Waals surface area contributed by atoms with Gasteiger partial charge in [0.25, 0.3) is 5.95 Å². The quantitative estimate of drug-likeness (QED) is 0.657. The lowest BCUT2D eigenvalue weighted by Gasteiger charge is -2.09. The van der Waals surface area contributed by atoms with E-state index in [0.29, 0.717) is 17.8 Å². The largest absolute Gasteiger partial charge is 0.494 e. The predicted octanol–water partition coefficient (Wildman–Crippen LogP) is 1.60. The number of hydrogen-bond acceptors (Lipinski definition) is 6. The van der Waals surface area contributed by atoms with Crippen LogP contribution in [0.2, 0.25) is 0 Å². The van der Waals surface area contributed by atoms with E-state index in [-0.39, 0.29) is 23.7 Å². The van der Waals surface area contributed by atoms with Crippen LogP contribution in [0.15, 0.2) is 23.2 Å². The Morgan fingerprint density at radius 1 is 1.17 bits per heavy atom.